The number of rotatable bonds is 6. The summed E-state index contributed by atoms with van der Waals surface area (Å²) >= 11 is 0. The van der Waals surface area contributed by atoms with Crippen LogP contribution in [0.1, 0.15) is 59.8 Å². The number of unbranched alkanes of at least 4 members (excludes halogenated alkanes) is 3. The van der Waals surface area contributed by atoms with E-state index in [9.17, 15) is 4.79 Å². The van der Waals surface area contributed by atoms with Crippen molar-refractivity contribution in [2.45, 2.75) is 59.8 Å². The standard InChI is InChI=1S/C12H24O2/c1-5-6-7-8-9-10(11(13)14)12(2,3)4/h10H,5-9H2,1-4H3,(H,13,14). The fourth-order valence-electron chi connectivity index (χ4n) is 1.70. The molecule has 14 heavy (non-hydrogen) atoms. The summed E-state index contributed by atoms with van der Waals surface area (Å²) in [5, 5.41) is 9.07. The Labute approximate surface area is 87.7 Å². The minimum Gasteiger partial charge on any atom is -0.481 e. The van der Waals surface area contributed by atoms with Crippen molar-refractivity contribution in [3.05, 3.63) is 0 Å². The SMILES string of the molecule is CCCCCCC(C(=O)O)C(C)(C)C. The van der Waals surface area contributed by atoms with Crippen LogP contribution in [0.3, 0.4) is 0 Å². The van der Waals surface area contributed by atoms with Crippen LogP contribution in [0.15, 0.2) is 0 Å². The van der Waals surface area contributed by atoms with Gasteiger partial charge in [-0.05, 0) is 11.8 Å². The minimum absolute atomic E-state index is 0.113. The van der Waals surface area contributed by atoms with E-state index in [1.54, 1.807) is 0 Å². The largest absolute Gasteiger partial charge is 0.481 e. The van der Waals surface area contributed by atoms with Gasteiger partial charge in [0.2, 0.25) is 0 Å². The molecule has 2 nitrogen and oxygen atoms in total. The second-order valence-electron chi connectivity index (χ2n) is 5.11. The van der Waals surface area contributed by atoms with E-state index in [0.29, 0.717) is 0 Å². The highest BCUT2D eigenvalue weighted by Gasteiger charge is 2.30. The van der Waals surface area contributed by atoms with Gasteiger partial charge in [0.15, 0.2) is 0 Å². The van der Waals surface area contributed by atoms with Crippen LogP contribution in [0.25, 0.3) is 0 Å². The van der Waals surface area contributed by atoms with E-state index in [-0.39, 0.29) is 11.3 Å². The number of aliphatic carboxylic acids is 1. The average Bonchev–Trinajstić information content (AvgIpc) is 2.01. The lowest BCUT2D eigenvalue weighted by Gasteiger charge is -2.26. The van der Waals surface area contributed by atoms with Crippen molar-refractivity contribution in [3.63, 3.8) is 0 Å². The van der Waals surface area contributed by atoms with Gasteiger partial charge < -0.3 is 5.11 Å². The zero-order valence-corrected chi connectivity index (χ0v) is 9.97. The monoisotopic (exact) mass is 200 g/mol. The number of carboxylic acids is 1. The number of hydrogen-bond donors (Lipinski definition) is 1. The first-order chi connectivity index (χ1) is 6.39. The summed E-state index contributed by atoms with van der Waals surface area (Å²) in [5.41, 5.74) is -0.113. The highest BCUT2D eigenvalue weighted by molar-refractivity contribution is 5.70. The Morgan fingerprint density at radius 3 is 2.14 bits per heavy atom. The molecule has 84 valence electrons. The number of carboxylic acid groups (broad SMARTS) is 1. The fraction of sp³-hybridized carbons (Fsp3) is 0.917. The van der Waals surface area contributed by atoms with E-state index >= 15 is 0 Å². The second-order valence-corrected chi connectivity index (χ2v) is 5.11. The molecule has 0 aromatic heterocycles. The summed E-state index contributed by atoms with van der Waals surface area (Å²) < 4.78 is 0. The fourth-order valence-corrected chi connectivity index (χ4v) is 1.70. The Kier molecular flexibility index (Phi) is 5.82. The maximum Gasteiger partial charge on any atom is 0.307 e. The molecule has 0 aliphatic rings. The molecule has 0 aliphatic carbocycles. The highest BCUT2D eigenvalue weighted by Crippen LogP contribution is 2.30. The van der Waals surface area contributed by atoms with Gasteiger partial charge in [-0.2, -0.15) is 0 Å². The molecule has 0 saturated heterocycles. The first-order valence-corrected chi connectivity index (χ1v) is 5.62. The van der Waals surface area contributed by atoms with Crippen LogP contribution in [0.2, 0.25) is 0 Å². The van der Waals surface area contributed by atoms with Crippen LogP contribution in [0.5, 0.6) is 0 Å². The summed E-state index contributed by atoms with van der Waals surface area (Å²) in [6.45, 7) is 8.18. The van der Waals surface area contributed by atoms with E-state index in [0.717, 1.165) is 19.3 Å². The van der Waals surface area contributed by atoms with Gasteiger partial charge in [0, 0.05) is 0 Å². The first-order valence-electron chi connectivity index (χ1n) is 5.62. The van der Waals surface area contributed by atoms with Gasteiger partial charge in [-0.1, -0.05) is 53.4 Å². The normalized spacial score (nSPS) is 14.0. The molecule has 2 heteroatoms. The minimum atomic E-state index is -0.644. The predicted molar refractivity (Wildman–Crippen MR) is 59.3 cm³/mol. The van der Waals surface area contributed by atoms with E-state index in [4.69, 9.17) is 5.11 Å². The molecule has 1 unspecified atom stereocenters. The third-order valence-electron chi connectivity index (χ3n) is 2.69. The summed E-state index contributed by atoms with van der Waals surface area (Å²) in [4.78, 5) is 11.0. The maximum atomic E-state index is 11.0. The third kappa shape index (κ3) is 5.25. The Bertz CT molecular complexity index is 168. The second kappa shape index (κ2) is 6.05. The highest BCUT2D eigenvalue weighted by atomic mass is 16.4. The van der Waals surface area contributed by atoms with Crippen molar-refractivity contribution < 1.29 is 9.90 Å². The Morgan fingerprint density at radius 2 is 1.79 bits per heavy atom. The van der Waals surface area contributed by atoms with Crippen molar-refractivity contribution in [2.24, 2.45) is 11.3 Å². The lowest BCUT2D eigenvalue weighted by Crippen LogP contribution is -2.28. The van der Waals surface area contributed by atoms with Crippen LogP contribution < -0.4 is 0 Å². The van der Waals surface area contributed by atoms with Crippen molar-refractivity contribution in [1.29, 1.82) is 0 Å². The van der Waals surface area contributed by atoms with Crippen molar-refractivity contribution in [3.8, 4) is 0 Å². The van der Waals surface area contributed by atoms with Crippen LogP contribution >= 0.6 is 0 Å². The molecule has 0 spiro atoms. The molecule has 0 rings (SSSR count). The van der Waals surface area contributed by atoms with Crippen LogP contribution in [0.4, 0.5) is 0 Å². The van der Waals surface area contributed by atoms with Crippen LogP contribution in [0, 0.1) is 11.3 Å². The summed E-state index contributed by atoms with van der Waals surface area (Å²) in [5.74, 6) is -0.839. The molecule has 0 saturated carbocycles. The molecule has 0 aromatic rings. The topological polar surface area (TPSA) is 37.3 Å². The predicted octanol–water partition coefficient (Wildman–Crippen LogP) is 3.70. The summed E-state index contributed by atoms with van der Waals surface area (Å²) in [6, 6.07) is 0. The molecule has 0 radical (unpaired) electrons. The third-order valence-corrected chi connectivity index (χ3v) is 2.69. The van der Waals surface area contributed by atoms with Crippen LogP contribution in [-0.4, -0.2) is 11.1 Å². The first kappa shape index (κ1) is 13.5. The van der Waals surface area contributed by atoms with Gasteiger partial charge in [-0.15, -0.1) is 0 Å². The lowest BCUT2D eigenvalue weighted by atomic mass is 9.78. The molecule has 0 aromatic carbocycles. The van der Waals surface area contributed by atoms with Crippen molar-refractivity contribution in [2.75, 3.05) is 0 Å². The zero-order chi connectivity index (χ0) is 11.2. The summed E-state index contributed by atoms with van der Waals surface area (Å²) in [7, 11) is 0. The molecular formula is C12H24O2. The van der Waals surface area contributed by atoms with E-state index in [1.807, 2.05) is 20.8 Å². The number of carbonyl (C=O) groups is 1. The molecule has 0 amide bonds. The van der Waals surface area contributed by atoms with Gasteiger partial charge >= 0.3 is 5.97 Å². The van der Waals surface area contributed by atoms with Crippen molar-refractivity contribution >= 4 is 5.97 Å². The smallest absolute Gasteiger partial charge is 0.307 e. The van der Waals surface area contributed by atoms with E-state index in [2.05, 4.69) is 6.92 Å². The van der Waals surface area contributed by atoms with Gasteiger partial charge in [0.05, 0.1) is 5.92 Å². The maximum absolute atomic E-state index is 11.0. The van der Waals surface area contributed by atoms with E-state index < -0.39 is 5.97 Å². The van der Waals surface area contributed by atoms with Gasteiger partial charge in [0.25, 0.3) is 0 Å². The number of hydrogen-bond acceptors (Lipinski definition) is 1. The molecular weight excluding hydrogens is 176 g/mol. The quantitative estimate of drug-likeness (QED) is 0.664. The zero-order valence-electron chi connectivity index (χ0n) is 9.97. The molecule has 0 aliphatic heterocycles. The molecule has 1 atom stereocenters. The Morgan fingerprint density at radius 1 is 1.21 bits per heavy atom. The van der Waals surface area contributed by atoms with Gasteiger partial charge in [0.1, 0.15) is 0 Å². The lowest BCUT2D eigenvalue weighted by molar-refractivity contribution is -0.145. The molecule has 0 fully saturated rings. The van der Waals surface area contributed by atoms with E-state index in [1.165, 1.54) is 12.8 Å². The summed E-state index contributed by atoms with van der Waals surface area (Å²) in [6.07, 6.45) is 5.45. The molecule has 0 heterocycles. The van der Waals surface area contributed by atoms with Crippen molar-refractivity contribution in [1.82, 2.24) is 0 Å². The average molecular weight is 200 g/mol. The Balaban J connectivity index is 3.94. The van der Waals surface area contributed by atoms with Gasteiger partial charge in [-0.3, -0.25) is 4.79 Å². The molecule has 1 N–H and O–H groups in total. The Hall–Kier alpha value is -0.530. The van der Waals surface area contributed by atoms with Gasteiger partial charge in [-0.25, -0.2) is 0 Å². The van der Waals surface area contributed by atoms with Crippen LogP contribution in [-0.2, 0) is 4.79 Å². The molecule has 0 bridgehead atoms.